The highest BCUT2D eigenvalue weighted by atomic mass is 16.4. The van der Waals surface area contributed by atoms with Gasteiger partial charge in [-0.1, -0.05) is 68.4 Å². The molecule has 0 unspecified atom stereocenters. The molecule has 5 nitrogen and oxygen atoms in total. The fourth-order valence-electron chi connectivity index (χ4n) is 3.17. The maximum Gasteiger partial charge on any atom is 0.326 e. The van der Waals surface area contributed by atoms with Crippen molar-refractivity contribution >= 4 is 11.9 Å². The summed E-state index contributed by atoms with van der Waals surface area (Å²) in [6, 6.07) is 5.36. The number of benzene rings is 1. The lowest BCUT2D eigenvalue weighted by atomic mass is 10.1. The van der Waals surface area contributed by atoms with E-state index >= 15 is 0 Å². The van der Waals surface area contributed by atoms with Crippen molar-refractivity contribution < 1.29 is 19.8 Å². The summed E-state index contributed by atoms with van der Waals surface area (Å²) in [6.07, 6.45) is 23.1. The van der Waals surface area contributed by atoms with Crippen LogP contribution in [-0.2, 0) is 16.0 Å². The summed E-state index contributed by atoms with van der Waals surface area (Å²) in [4.78, 5) is 23.5. The standard InChI is InChI=1S/C27H39NO4/c1-2-3-4-5-6-7-8-9-10-11-12-13-14-15-16-17-26(30)28-25(27(31)32)22-23-18-20-24(29)21-19-23/h6-7,9-10,12-13,18-21,25,29H,2-5,8,11,14-17,22H2,1H3,(H,28,30)(H,31,32)/b7-6-,10-9-,13-12-/t25-/m0/s1. The molecular weight excluding hydrogens is 402 g/mol. The number of aliphatic carboxylic acids is 1. The number of carbonyl (C=O) groups is 2. The van der Waals surface area contributed by atoms with Gasteiger partial charge in [-0.05, 0) is 62.6 Å². The fourth-order valence-corrected chi connectivity index (χ4v) is 3.17. The Kier molecular flexibility index (Phi) is 15.2. The second-order valence-corrected chi connectivity index (χ2v) is 7.96. The number of carbonyl (C=O) groups excluding carboxylic acids is 1. The lowest BCUT2D eigenvalue weighted by Crippen LogP contribution is -2.42. The van der Waals surface area contributed by atoms with Crippen LogP contribution in [0.4, 0.5) is 0 Å². The van der Waals surface area contributed by atoms with E-state index in [9.17, 15) is 19.8 Å². The summed E-state index contributed by atoms with van der Waals surface area (Å²) in [5.74, 6) is -1.18. The molecule has 0 aliphatic carbocycles. The van der Waals surface area contributed by atoms with Crippen LogP contribution in [0, 0.1) is 0 Å². The molecule has 176 valence electrons. The molecule has 0 saturated carbocycles. The molecule has 0 aromatic heterocycles. The van der Waals surface area contributed by atoms with Crippen LogP contribution in [0.3, 0.4) is 0 Å². The SMILES string of the molecule is CCCCC/C=C\C/C=C\C/C=C\CCCCC(=O)N[C@@H](Cc1ccc(O)cc1)C(=O)O. The molecule has 0 fully saturated rings. The van der Waals surface area contributed by atoms with Crippen molar-refractivity contribution in [2.45, 2.75) is 83.6 Å². The third-order valence-corrected chi connectivity index (χ3v) is 5.05. The van der Waals surface area contributed by atoms with Crippen molar-refractivity contribution in [2.24, 2.45) is 0 Å². The predicted octanol–water partition coefficient (Wildman–Crippen LogP) is 6.09. The van der Waals surface area contributed by atoms with Crippen LogP contribution in [0.1, 0.15) is 76.7 Å². The number of hydrogen-bond donors (Lipinski definition) is 3. The molecule has 0 aliphatic rings. The van der Waals surface area contributed by atoms with Crippen LogP contribution in [0.25, 0.3) is 0 Å². The second kappa shape index (κ2) is 17.8. The van der Waals surface area contributed by atoms with E-state index in [1.807, 2.05) is 0 Å². The molecule has 0 spiro atoms. The first kappa shape index (κ1) is 27.2. The number of phenolic OH excluding ortho intramolecular Hbond substituents is 1. The van der Waals surface area contributed by atoms with Gasteiger partial charge < -0.3 is 15.5 Å². The number of amides is 1. The van der Waals surface area contributed by atoms with Gasteiger partial charge in [-0.25, -0.2) is 4.79 Å². The molecule has 0 radical (unpaired) electrons. The van der Waals surface area contributed by atoms with Crippen LogP contribution in [0.2, 0.25) is 0 Å². The number of hydrogen-bond acceptors (Lipinski definition) is 3. The van der Waals surface area contributed by atoms with Gasteiger partial charge in [0.25, 0.3) is 0 Å². The zero-order valence-corrected chi connectivity index (χ0v) is 19.3. The van der Waals surface area contributed by atoms with Crippen LogP contribution in [-0.4, -0.2) is 28.1 Å². The Morgan fingerprint density at radius 2 is 1.44 bits per heavy atom. The average molecular weight is 442 g/mol. The number of nitrogens with one attached hydrogen (secondary N) is 1. The Labute approximate surface area is 192 Å². The molecule has 1 atom stereocenters. The number of carboxylic acids is 1. The van der Waals surface area contributed by atoms with Crippen molar-refractivity contribution in [3.8, 4) is 5.75 Å². The lowest BCUT2D eigenvalue weighted by Gasteiger charge is -2.14. The Hall–Kier alpha value is -2.82. The highest BCUT2D eigenvalue weighted by Crippen LogP contribution is 2.12. The summed E-state index contributed by atoms with van der Waals surface area (Å²) < 4.78 is 0. The van der Waals surface area contributed by atoms with E-state index in [0.29, 0.717) is 6.42 Å². The lowest BCUT2D eigenvalue weighted by molar-refractivity contribution is -0.141. The third kappa shape index (κ3) is 14.2. The molecule has 1 aromatic carbocycles. The highest BCUT2D eigenvalue weighted by Gasteiger charge is 2.20. The summed E-state index contributed by atoms with van der Waals surface area (Å²) in [7, 11) is 0. The number of carboxylic acid groups (broad SMARTS) is 1. The summed E-state index contributed by atoms with van der Waals surface area (Å²) >= 11 is 0. The molecule has 3 N–H and O–H groups in total. The van der Waals surface area contributed by atoms with Crippen LogP contribution in [0.5, 0.6) is 5.75 Å². The normalized spacial score (nSPS) is 12.7. The van der Waals surface area contributed by atoms with E-state index in [-0.39, 0.29) is 18.1 Å². The Morgan fingerprint density at radius 1 is 0.875 bits per heavy atom. The second-order valence-electron chi connectivity index (χ2n) is 7.96. The first-order valence-corrected chi connectivity index (χ1v) is 11.8. The highest BCUT2D eigenvalue weighted by molar-refractivity contribution is 5.83. The van der Waals surface area contributed by atoms with Gasteiger partial charge >= 0.3 is 5.97 Å². The maximum atomic E-state index is 12.1. The van der Waals surface area contributed by atoms with Gasteiger partial charge in [-0.15, -0.1) is 0 Å². The Bertz CT molecular complexity index is 735. The first-order valence-electron chi connectivity index (χ1n) is 11.8. The molecular formula is C27H39NO4. The minimum absolute atomic E-state index is 0.125. The van der Waals surface area contributed by atoms with Crippen LogP contribution < -0.4 is 5.32 Å². The van der Waals surface area contributed by atoms with Gasteiger partial charge in [0.2, 0.25) is 5.91 Å². The largest absolute Gasteiger partial charge is 0.508 e. The van der Waals surface area contributed by atoms with Crippen molar-refractivity contribution in [1.29, 1.82) is 0 Å². The van der Waals surface area contributed by atoms with Gasteiger partial charge in [-0.2, -0.15) is 0 Å². The number of allylic oxidation sites excluding steroid dienone is 6. The zero-order chi connectivity index (χ0) is 23.4. The molecule has 0 heterocycles. The van der Waals surface area contributed by atoms with Crippen LogP contribution in [0.15, 0.2) is 60.7 Å². The Balaban J connectivity index is 2.13. The average Bonchev–Trinajstić information content (AvgIpc) is 2.77. The minimum atomic E-state index is -1.06. The van der Waals surface area contributed by atoms with E-state index in [0.717, 1.165) is 37.7 Å². The van der Waals surface area contributed by atoms with Crippen molar-refractivity contribution in [3.05, 3.63) is 66.3 Å². The molecule has 1 rings (SSSR count). The molecule has 32 heavy (non-hydrogen) atoms. The van der Waals surface area contributed by atoms with Crippen LogP contribution >= 0.6 is 0 Å². The van der Waals surface area contributed by atoms with Crippen molar-refractivity contribution in [2.75, 3.05) is 0 Å². The number of rotatable bonds is 17. The number of phenols is 1. The molecule has 0 saturated heterocycles. The maximum absolute atomic E-state index is 12.1. The summed E-state index contributed by atoms with van der Waals surface area (Å²) in [5.41, 5.74) is 0.748. The third-order valence-electron chi connectivity index (χ3n) is 5.05. The van der Waals surface area contributed by atoms with Gasteiger partial charge in [0.1, 0.15) is 11.8 Å². The molecule has 0 aliphatic heterocycles. The topological polar surface area (TPSA) is 86.6 Å². The van der Waals surface area contributed by atoms with Gasteiger partial charge in [0.15, 0.2) is 0 Å². The van der Waals surface area contributed by atoms with E-state index < -0.39 is 12.0 Å². The van der Waals surface area contributed by atoms with Crippen molar-refractivity contribution in [1.82, 2.24) is 5.32 Å². The predicted molar refractivity (Wildman–Crippen MR) is 131 cm³/mol. The van der Waals surface area contributed by atoms with Crippen molar-refractivity contribution in [3.63, 3.8) is 0 Å². The minimum Gasteiger partial charge on any atom is -0.508 e. The Morgan fingerprint density at radius 3 is 2.00 bits per heavy atom. The quantitative estimate of drug-likeness (QED) is 0.202. The fraction of sp³-hybridized carbons (Fsp3) is 0.481. The first-order chi connectivity index (χ1) is 15.5. The van der Waals surface area contributed by atoms with Gasteiger partial charge in [-0.3, -0.25) is 4.79 Å². The van der Waals surface area contributed by atoms with E-state index in [1.54, 1.807) is 12.1 Å². The molecule has 1 aromatic rings. The molecule has 0 bridgehead atoms. The zero-order valence-electron chi connectivity index (χ0n) is 19.3. The van der Waals surface area contributed by atoms with E-state index in [4.69, 9.17) is 0 Å². The summed E-state index contributed by atoms with van der Waals surface area (Å²) in [5, 5.41) is 21.3. The van der Waals surface area contributed by atoms with Gasteiger partial charge in [0, 0.05) is 12.8 Å². The number of aromatic hydroxyl groups is 1. The monoisotopic (exact) mass is 441 g/mol. The van der Waals surface area contributed by atoms with Gasteiger partial charge in [0.05, 0.1) is 0 Å². The number of unbranched alkanes of at least 4 members (excludes halogenated alkanes) is 5. The molecule has 1 amide bonds. The molecule has 5 heteroatoms. The van der Waals surface area contributed by atoms with E-state index in [1.165, 1.54) is 37.8 Å². The smallest absolute Gasteiger partial charge is 0.326 e. The summed E-state index contributed by atoms with van der Waals surface area (Å²) in [6.45, 7) is 2.22. The van der Waals surface area contributed by atoms with E-state index in [2.05, 4.69) is 48.7 Å².